The van der Waals surface area contributed by atoms with Gasteiger partial charge in [-0.1, -0.05) is 6.07 Å². The second kappa shape index (κ2) is 10.3. The fourth-order valence-electron chi connectivity index (χ4n) is 3.90. The number of hydrogen-bond acceptors (Lipinski definition) is 6. The number of carbonyl (C=O) groups is 2. The van der Waals surface area contributed by atoms with Crippen LogP contribution in [0, 0.1) is 0 Å². The molecule has 2 atom stereocenters. The highest BCUT2D eigenvalue weighted by atomic mass is 16.5. The van der Waals surface area contributed by atoms with Crippen molar-refractivity contribution in [3.63, 3.8) is 0 Å². The lowest BCUT2D eigenvalue weighted by Crippen LogP contribution is -3.19. The predicted octanol–water partition coefficient (Wildman–Crippen LogP) is -1.44. The summed E-state index contributed by atoms with van der Waals surface area (Å²) in [5.74, 6) is -4.01. The van der Waals surface area contributed by atoms with Crippen LogP contribution in [0.1, 0.15) is 32.3 Å². The fraction of sp³-hybridized carbons (Fsp3) is 0.632. The van der Waals surface area contributed by atoms with Gasteiger partial charge in [-0.05, 0) is 25.5 Å². The van der Waals surface area contributed by atoms with Crippen molar-refractivity contribution in [1.29, 1.82) is 0 Å². The average molecular weight is 379 g/mol. The number of morpholine rings is 1. The maximum absolute atomic E-state index is 9.04. The molecule has 8 heteroatoms. The van der Waals surface area contributed by atoms with Gasteiger partial charge in [-0.2, -0.15) is 0 Å². The average Bonchev–Trinajstić information content (AvgIpc) is 2.63. The number of nitrogens with one attached hydrogen (secondary N) is 1. The molecule has 2 fully saturated rings. The highest BCUT2D eigenvalue weighted by Gasteiger charge is 2.33. The highest BCUT2D eigenvalue weighted by Crippen LogP contribution is 2.13. The van der Waals surface area contributed by atoms with Crippen LogP contribution in [0.2, 0.25) is 0 Å². The number of pyridine rings is 1. The molecule has 0 bridgehead atoms. The van der Waals surface area contributed by atoms with Crippen molar-refractivity contribution < 1.29 is 29.4 Å². The van der Waals surface area contributed by atoms with E-state index >= 15 is 0 Å². The van der Waals surface area contributed by atoms with Crippen molar-refractivity contribution in [2.45, 2.75) is 51.5 Å². The lowest BCUT2D eigenvalue weighted by atomic mass is 10.0. The van der Waals surface area contributed by atoms with E-state index in [1.165, 1.54) is 44.6 Å². The highest BCUT2D eigenvalue weighted by molar-refractivity contribution is 6.26. The molecular weight excluding hydrogens is 350 g/mol. The van der Waals surface area contributed by atoms with Crippen LogP contribution in [0.25, 0.3) is 0 Å². The lowest BCUT2D eigenvalue weighted by Gasteiger charge is -2.41. The van der Waals surface area contributed by atoms with E-state index < -0.39 is 11.9 Å². The Balaban J connectivity index is 0.000000380. The predicted molar refractivity (Wildman–Crippen MR) is 95.9 cm³/mol. The number of likely N-dealkylation sites (tertiary alicyclic amines) is 1. The third-order valence-corrected chi connectivity index (χ3v) is 5.03. The molecule has 2 saturated heterocycles. The van der Waals surface area contributed by atoms with Crippen molar-refractivity contribution in [3.8, 4) is 0 Å². The second-order valence-electron chi connectivity index (χ2n) is 7.33. The van der Waals surface area contributed by atoms with Gasteiger partial charge in [0, 0.05) is 44.9 Å². The van der Waals surface area contributed by atoms with Crippen molar-refractivity contribution >= 4 is 11.9 Å². The number of nitrogens with zero attached hydrogens (tertiary/aromatic N) is 2. The molecular formula is C19H29N3O5. The minimum Gasteiger partial charge on any atom is -0.539 e. The molecule has 0 aromatic carbocycles. The van der Waals surface area contributed by atoms with Gasteiger partial charge in [0.15, 0.2) is 5.97 Å². The number of carbonyl (C=O) groups excluding carboxylic acids is 1. The van der Waals surface area contributed by atoms with Gasteiger partial charge in [0.2, 0.25) is 0 Å². The van der Waals surface area contributed by atoms with Gasteiger partial charge in [0.25, 0.3) is 0 Å². The van der Waals surface area contributed by atoms with Gasteiger partial charge in [0.1, 0.15) is 25.3 Å². The van der Waals surface area contributed by atoms with E-state index in [9.17, 15) is 0 Å². The number of hydrogen-bond donors (Lipinski definition) is 2. The maximum Gasteiger partial charge on any atom is 0.351 e. The molecule has 1 aromatic heterocycles. The molecule has 0 aliphatic carbocycles. The summed E-state index contributed by atoms with van der Waals surface area (Å²) < 4.78 is 5.87. The van der Waals surface area contributed by atoms with E-state index in [-0.39, 0.29) is 0 Å². The van der Waals surface area contributed by atoms with Gasteiger partial charge in [-0.3, -0.25) is 9.88 Å². The number of carboxylic acid groups (broad SMARTS) is 2. The van der Waals surface area contributed by atoms with Crippen molar-refractivity contribution in [1.82, 2.24) is 9.88 Å². The Hall–Kier alpha value is -2.03. The zero-order valence-electron chi connectivity index (χ0n) is 16.0. The van der Waals surface area contributed by atoms with E-state index in [2.05, 4.69) is 29.8 Å². The number of piperidine rings is 1. The summed E-state index contributed by atoms with van der Waals surface area (Å²) in [5, 5.41) is 16.3. The number of rotatable bonds is 3. The molecule has 3 heterocycles. The molecule has 2 aliphatic rings. The lowest BCUT2D eigenvalue weighted by molar-refractivity contribution is -0.940. The number of quaternary nitrogens is 1. The van der Waals surface area contributed by atoms with Gasteiger partial charge >= 0.3 is 5.97 Å². The first-order chi connectivity index (χ1) is 12.8. The smallest absolute Gasteiger partial charge is 0.351 e. The number of carboxylic acids is 2. The Morgan fingerprint density at radius 3 is 2.37 bits per heavy atom. The van der Waals surface area contributed by atoms with E-state index in [1.807, 2.05) is 18.5 Å². The summed E-state index contributed by atoms with van der Waals surface area (Å²) in [6.45, 7) is 10.3. The fourth-order valence-corrected chi connectivity index (χ4v) is 3.90. The van der Waals surface area contributed by atoms with Gasteiger partial charge in [-0.15, -0.1) is 0 Å². The first-order valence-corrected chi connectivity index (χ1v) is 9.40. The first-order valence-electron chi connectivity index (χ1n) is 9.40. The van der Waals surface area contributed by atoms with Crippen LogP contribution in [0.4, 0.5) is 0 Å². The normalized spacial score (nSPS) is 26.7. The van der Waals surface area contributed by atoms with Crippen LogP contribution < -0.4 is 10.0 Å². The Labute approximate surface area is 159 Å². The van der Waals surface area contributed by atoms with E-state index in [0.717, 1.165) is 12.6 Å². The second-order valence-corrected chi connectivity index (χ2v) is 7.33. The minimum absolute atomic E-state index is 0.414. The zero-order chi connectivity index (χ0) is 19.8. The zero-order valence-corrected chi connectivity index (χ0v) is 16.0. The molecule has 2 unspecified atom stereocenters. The van der Waals surface area contributed by atoms with Crippen molar-refractivity contribution in [2.24, 2.45) is 0 Å². The van der Waals surface area contributed by atoms with Crippen LogP contribution in [0.3, 0.4) is 0 Å². The van der Waals surface area contributed by atoms with E-state index in [4.69, 9.17) is 24.5 Å². The molecule has 0 spiro atoms. The summed E-state index contributed by atoms with van der Waals surface area (Å²) >= 11 is 0. The van der Waals surface area contributed by atoms with Crippen molar-refractivity contribution in [2.75, 3.05) is 26.2 Å². The van der Waals surface area contributed by atoms with Crippen LogP contribution >= 0.6 is 0 Å². The number of aliphatic carboxylic acids is 2. The molecule has 0 radical (unpaired) electrons. The Kier molecular flexibility index (Phi) is 8.15. The summed E-state index contributed by atoms with van der Waals surface area (Å²) in [6.07, 6.45) is 7.29. The third kappa shape index (κ3) is 7.24. The Bertz CT molecular complexity index is 583. The van der Waals surface area contributed by atoms with Gasteiger partial charge in [-0.25, -0.2) is 4.79 Å². The monoisotopic (exact) mass is 379 g/mol. The van der Waals surface area contributed by atoms with Gasteiger partial charge in [0.05, 0.1) is 6.04 Å². The summed E-state index contributed by atoms with van der Waals surface area (Å²) in [4.78, 5) is 26.6. The number of aromatic nitrogens is 1. The van der Waals surface area contributed by atoms with Gasteiger partial charge < -0.3 is 24.6 Å². The van der Waals surface area contributed by atoms with E-state index in [0.29, 0.717) is 12.2 Å². The SMILES string of the molecule is CC1C[NH+](C2CCN(Cc3cccnc3)CC2)CC(C)O1.O=C([O-])C(=O)O. The molecule has 27 heavy (non-hydrogen) atoms. The molecule has 0 amide bonds. The van der Waals surface area contributed by atoms with Crippen LogP contribution in [0.15, 0.2) is 24.5 Å². The Morgan fingerprint density at radius 2 is 1.89 bits per heavy atom. The molecule has 8 nitrogen and oxygen atoms in total. The Morgan fingerprint density at radius 1 is 1.30 bits per heavy atom. The van der Waals surface area contributed by atoms with Crippen molar-refractivity contribution in [3.05, 3.63) is 30.1 Å². The molecule has 2 aliphatic heterocycles. The van der Waals surface area contributed by atoms with E-state index in [1.54, 1.807) is 4.90 Å². The molecule has 3 rings (SSSR count). The summed E-state index contributed by atoms with van der Waals surface area (Å²) in [5.41, 5.74) is 1.33. The molecule has 0 saturated carbocycles. The molecule has 150 valence electrons. The largest absolute Gasteiger partial charge is 0.539 e. The summed E-state index contributed by atoms with van der Waals surface area (Å²) in [7, 11) is 0. The third-order valence-electron chi connectivity index (χ3n) is 5.03. The maximum atomic E-state index is 9.04. The number of ether oxygens (including phenoxy) is 1. The van der Waals surface area contributed by atoms with Crippen LogP contribution in [-0.2, 0) is 20.9 Å². The van der Waals surface area contributed by atoms with Crippen LogP contribution in [0.5, 0.6) is 0 Å². The molecule has 1 aromatic rings. The topological polar surface area (TPSA) is 107 Å². The quantitative estimate of drug-likeness (QED) is 0.619. The van der Waals surface area contributed by atoms with Crippen LogP contribution in [-0.4, -0.2) is 71.4 Å². The molecule has 2 N–H and O–H groups in total. The standard InChI is InChI=1S/C17H27N3O.C2H2O4/c1-14-11-20(12-15(2)21-14)17-5-8-19(9-6-17)13-16-4-3-7-18-10-16;3-1(4)2(5)6/h3-4,7,10,14-15,17H,5-6,8-9,11-13H2,1-2H3;(H,3,4)(H,5,6). The first kappa shape index (κ1) is 21.3. The minimum atomic E-state index is -2.07. The summed E-state index contributed by atoms with van der Waals surface area (Å²) in [6, 6.07) is 5.03.